The van der Waals surface area contributed by atoms with Crippen LogP contribution in [-0.2, 0) is 4.74 Å². The minimum Gasteiger partial charge on any atom is -0.375 e. The third-order valence-corrected chi connectivity index (χ3v) is 2.85. The monoisotopic (exact) mass is 256 g/mol. The lowest BCUT2D eigenvalue weighted by Crippen LogP contribution is -2.29. The normalized spacial score (nSPS) is 11.8. The zero-order chi connectivity index (χ0) is 13.5. The molecule has 0 saturated carbocycles. The lowest BCUT2D eigenvalue weighted by atomic mass is 10.1. The third-order valence-electron chi connectivity index (χ3n) is 2.85. The molecule has 4 nitrogen and oxygen atoms in total. The van der Waals surface area contributed by atoms with E-state index in [1.807, 2.05) is 30.3 Å². The number of ether oxygens (including phenoxy) is 1. The van der Waals surface area contributed by atoms with E-state index in [4.69, 9.17) is 4.74 Å². The van der Waals surface area contributed by atoms with Gasteiger partial charge in [-0.15, -0.1) is 0 Å². The van der Waals surface area contributed by atoms with Crippen molar-refractivity contribution in [3.05, 3.63) is 66.0 Å². The van der Waals surface area contributed by atoms with Crippen molar-refractivity contribution >= 4 is 5.91 Å². The maximum atomic E-state index is 11.9. The average Bonchev–Trinajstić information content (AvgIpc) is 2.49. The molecular weight excluding hydrogens is 240 g/mol. The Kier molecular flexibility index (Phi) is 4.64. The first kappa shape index (κ1) is 13.2. The van der Waals surface area contributed by atoms with Gasteiger partial charge in [0, 0.05) is 31.6 Å². The van der Waals surface area contributed by atoms with E-state index in [1.54, 1.807) is 31.6 Å². The predicted molar refractivity (Wildman–Crippen MR) is 72.8 cm³/mol. The number of rotatable bonds is 5. The highest BCUT2D eigenvalue weighted by Gasteiger charge is 2.12. The Morgan fingerprint density at radius 2 is 1.89 bits per heavy atom. The number of hydrogen-bond donors (Lipinski definition) is 1. The summed E-state index contributed by atoms with van der Waals surface area (Å²) in [4.78, 5) is 15.8. The van der Waals surface area contributed by atoms with Crippen molar-refractivity contribution in [1.29, 1.82) is 0 Å². The van der Waals surface area contributed by atoms with Crippen molar-refractivity contribution in [2.75, 3.05) is 13.7 Å². The van der Waals surface area contributed by atoms with E-state index >= 15 is 0 Å². The zero-order valence-corrected chi connectivity index (χ0v) is 10.7. The molecular formula is C15H16N2O2. The van der Waals surface area contributed by atoms with Gasteiger partial charge >= 0.3 is 0 Å². The Hall–Kier alpha value is -2.20. The molecule has 2 aromatic rings. The standard InChI is InChI=1S/C15H16N2O2/c1-19-14(12-5-3-2-4-6-12)11-17-15(18)13-7-9-16-10-8-13/h2-10,14H,11H2,1H3,(H,17,18). The number of carbonyl (C=O) groups excluding carboxylic acids is 1. The first-order valence-corrected chi connectivity index (χ1v) is 6.07. The molecule has 1 amide bonds. The highest BCUT2D eigenvalue weighted by molar-refractivity contribution is 5.93. The van der Waals surface area contributed by atoms with E-state index < -0.39 is 0 Å². The fourth-order valence-corrected chi connectivity index (χ4v) is 1.80. The fraction of sp³-hybridized carbons (Fsp3) is 0.200. The molecule has 0 bridgehead atoms. The number of hydrogen-bond acceptors (Lipinski definition) is 3. The van der Waals surface area contributed by atoms with Gasteiger partial charge in [0.15, 0.2) is 0 Å². The van der Waals surface area contributed by atoms with Gasteiger partial charge in [0.05, 0.1) is 6.10 Å². The van der Waals surface area contributed by atoms with Crippen LogP contribution in [0.15, 0.2) is 54.9 Å². The molecule has 0 saturated heterocycles. The average molecular weight is 256 g/mol. The molecule has 1 N–H and O–H groups in total. The molecule has 19 heavy (non-hydrogen) atoms. The minimum absolute atomic E-state index is 0.125. The van der Waals surface area contributed by atoms with Crippen LogP contribution in [0, 0.1) is 0 Å². The molecule has 0 radical (unpaired) electrons. The Balaban J connectivity index is 1.96. The number of pyridine rings is 1. The topological polar surface area (TPSA) is 51.2 Å². The quantitative estimate of drug-likeness (QED) is 0.892. The smallest absolute Gasteiger partial charge is 0.251 e. The molecule has 1 atom stereocenters. The van der Waals surface area contributed by atoms with E-state index in [9.17, 15) is 4.79 Å². The molecule has 1 unspecified atom stereocenters. The number of methoxy groups -OCH3 is 1. The maximum absolute atomic E-state index is 11.9. The summed E-state index contributed by atoms with van der Waals surface area (Å²) < 4.78 is 5.40. The molecule has 4 heteroatoms. The molecule has 98 valence electrons. The van der Waals surface area contributed by atoms with Gasteiger partial charge in [0.1, 0.15) is 0 Å². The molecule has 0 fully saturated rings. The van der Waals surface area contributed by atoms with Crippen LogP contribution < -0.4 is 5.32 Å². The van der Waals surface area contributed by atoms with Gasteiger partial charge in [-0.1, -0.05) is 30.3 Å². The molecule has 0 aliphatic rings. The Bertz CT molecular complexity index is 514. The highest BCUT2D eigenvalue weighted by Crippen LogP contribution is 2.14. The second-order valence-corrected chi connectivity index (χ2v) is 4.08. The van der Waals surface area contributed by atoms with Crippen LogP contribution in [0.1, 0.15) is 22.0 Å². The van der Waals surface area contributed by atoms with Gasteiger partial charge < -0.3 is 10.1 Å². The summed E-state index contributed by atoms with van der Waals surface area (Å²) in [7, 11) is 1.64. The van der Waals surface area contributed by atoms with Crippen LogP contribution >= 0.6 is 0 Å². The number of nitrogens with one attached hydrogen (secondary N) is 1. The summed E-state index contributed by atoms with van der Waals surface area (Å²) in [5.41, 5.74) is 1.64. The lowest BCUT2D eigenvalue weighted by molar-refractivity contribution is 0.0828. The summed E-state index contributed by atoms with van der Waals surface area (Å²) in [6.07, 6.45) is 3.05. The zero-order valence-electron chi connectivity index (χ0n) is 10.7. The molecule has 0 aliphatic heterocycles. The van der Waals surface area contributed by atoms with Gasteiger partial charge in [-0.3, -0.25) is 9.78 Å². The maximum Gasteiger partial charge on any atom is 0.251 e. The Morgan fingerprint density at radius 3 is 2.53 bits per heavy atom. The largest absolute Gasteiger partial charge is 0.375 e. The predicted octanol–water partition coefficient (Wildman–Crippen LogP) is 2.20. The van der Waals surface area contributed by atoms with E-state index in [0.29, 0.717) is 12.1 Å². The number of amides is 1. The number of aromatic nitrogens is 1. The van der Waals surface area contributed by atoms with Gasteiger partial charge in [0.2, 0.25) is 0 Å². The third kappa shape index (κ3) is 3.63. The van der Waals surface area contributed by atoms with Crippen molar-refractivity contribution in [3.63, 3.8) is 0 Å². The van der Waals surface area contributed by atoms with Crippen LogP contribution in [0.3, 0.4) is 0 Å². The van der Waals surface area contributed by atoms with Crippen LogP contribution in [0.5, 0.6) is 0 Å². The van der Waals surface area contributed by atoms with E-state index in [2.05, 4.69) is 10.3 Å². The highest BCUT2D eigenvalue weighted by atomic mass is 16.5. The number of nitrogens with zero attached hydrogens (tertiary/aromatic N) is 1. The second-order valence-electron chi connectivity index (χ2n) is 4.08. The first-order chi connectivity index (χ1) is 9.31. The van der Waals surface area contributed by atoms with Crippen molar-refractivity contribution in [3.8, 4) is 0 Å². The lowest BCUT2D eigenvalue weighted by Gasteiger charge is -2.16. The Labute approximate surface area is 112 Å². The van der Waals surface area contributed by atoms with Crippen LogP contribution in [0.25, 0.3) is 0 Å². The van der Waals surface area contributed by atoms with Crippen molar-refractivity contribution in [2.45, 2.75) is 6.10 Å². The van der Waals surface area contributed by atoms with Crippen LogP contribution in [0.4, 0.5) is 0 Å². The molecule has 1 aromatic heterocycles. The summed E-state index contributed by atoms with van der Waals surface area (Å²) in [6, 6.07) is 13.2. The Morgan fingerprint density at radius 1 is 1.21 bits per heavy atom. The van der Waals surface area contributed by atoms with E-state index in [0.717, 1.165) is 5.56 Å². The summed E-state index contributed by atoms with van der Waals surface area (Å²) >= 11 is 0. The van der Waals surface area contributed by atoms with Crippen LogP contribution in [-0.4, -0.2) is 24.5 Å². The van der Waals surface area contributed by atoms with E-state index in [-0.39, 0.29) is 12.0 Å². The van der Waals surface area contributed by atoms with Gasteiger partial charge in [0.25, 0.3) is 5.91 Å². The summed E-state index contributed by atoms with van der Waals surface area (Å²) in [5.74, 6) is -0.125. The van der Waals surface area contributed by atoms with E-state index in [1.165, 1.54) is 0 Å². The fourth-order valence-electron chi connectivity index (χ4n) is 1.80. The molecule has 1 aromatic carbocycles. The van der Waals surface area contributed by atoms with Crippen molar-refractivity contribution in [2.24, 2.45) is 0 Å². The van der Waals surface area contributed by atoms with Gasteiger partial charge in [-0.25, -0.2) is 0 Å². The number of carbonyl (C=O) groups is 1. The van der Waals surface area contributed by atoms with Gasteiger partial charge in [-0.2, -0.15) is 0 Å². The molecule has 0 spiro atoms. The second kappa shape index (κ2) is 6.66. The molecule has 0 aliphatic carbocycles. The van der Waals surface area contributed by atoms with Gasteiger partial charge in [-0.05, 0) is 17.7 Å². The van der Waals surface area contributed by atoms with Crippen LogP contribution in [0.2, 0.25) is 0 Å². The summed E-state index contributed by atoms with van der Waals surface area (Å²) in [6.45, 7) is 0.432. The minimum atomic E-state index is -0.146. The van der Waals surface area contributed by atoms with Crippen molar-refractivity contribution in [1.82, 2.24) is 10.3 Å². The summed E-state index contributed by atoms with van der Waals surface area (Å²) in [5, 5.41) is 2.86. The molecule has 1 heterocycles. The molecule has 2 rings (SSSR count). The van der Waals surface area contributed by atoms with Crippen molar-refractivity contribution < 1.29 is 9.53 Å². The SMILES string of the molecule is COC(CNC(=O)c1ccncc1)c1ccccc1. The first-order valence-electron chi connectivity index (χ1n) is 6.07. The number of benzene rings is 1.